The van der Waals surface area contributed by atoms with Crippen LogP contribution < -0.4 is 0 Å². The van der Waals surface area contributed by atoms with Crippen LogP contribution in [0, 0.1) is 6.92 Å². The third-order valence-corrected chi connectivity index (χ3v) is 2.26. The summed E-state index contributed by atoms with van der Waals surface area (Å²) in [5, 5.41) is 0. The van der Waals surface area contributed by atoms with Gasteiger partial charge in [-0.05, 0) is 31.9 Å². The molecule has 0 saturated carbocycles. The molecule has 0 spiro atoms. The molecule has 16 heavy (non-hydrogen) atoms. The Hall–Kier alpha value is -1.35. The van der Waals surface area contributed by atoms with E-state index in [2.05, 4.69) is 0 Å². The maximum atomic E-state index is 11.5. The van der Waals surface area contributed by atoms with E-state index in [0.29, 0.717) is 18.8 Å². The van der Waals surface area contributed by atoms with Crippen LogP contribution in [0.2, 0.25) is 0 Å². The lowest BCUT2D eigenvalue weighted by atomic mass is 10.1. The molecule has 1 rings (SSSR count). The Bertz CT molecular complexity index is 316. The molecule has 1 aromatic carbocycles. The number of carbonyl (C=O) groups is 1. The van der Waals surface area contributed by atoms with Crippen LogP contribution >= 0.6 is 0 Å². The van der Waals surface area contributed by atoms with Gasteiger partial charge in [-0.2, -0.15) is 0 Å². The van der Waals surface area contributed by atoms with E-state index in [1.165, 1.54) is 0 Å². The van der Waals surface area contributed by atoms with Gasteiger partial charge in [0, 0.05) is 13.7 Å². The minimum atomic E-state index is -0.252. The Balaban J connectivity index is 2.27. The highest BCUT2D eigenvalue weighted by atomic mass is 16.5. The van der Waals surface area contributed by atoms with Crippen LogP contribution in [0.4, 0.5) is 0 Å². The largest absolute Gasteiger partial charge is 0.462 e. The Morgan fingerprint density at radius 1 is 1.12 bits per heavy atom. The van der Waals surface area contributed by atoms with Crippen LogP contribution in [-0.2, 0) is 9.47 Å². The number of aryl methyl sites for hydroxylation is 1. The van der Waals surface area contributed by atoms with E-state index in [0.717, 1.165) is 18.4 Å². The first-order chi connectivity index (χ1) is 7.74. The molecule has 0 N–H and O–H groups in total. The predicted molar refractivity (Wildman–Crippen MR) is 62.6 cm³/mol. The molecular weight excluding hydrogens is 204 g/mol. The highest BCUT2D eigenvalue weighted by molar-refractivity contribution is 5.89. The first-order valence-corrected chi connectivity index (χ1v) is 5.47. The first-order valence-electron chi connectivity index (χ1n) is 5.47. The maximum Gasteiger partial charge on any atom is 0.338 e. The molecule has 0 aromatic heterocycles. The lowest BCUT2D eigenvalue weighted by Gasteiger charge is -2.04. The summed E-state index contributed by atoms with van der Waals surface area (Å²) in [5.41, 5.74) is 1.74. The van der Waals surface area contributed by atoms with Gasteiger partial charge in [0.25, 0.3) is 0 Å². The van der Waals surface area contributed by atoms with Gasteiger partial charge in [0.2, 0.25) is 0 Å². The number of esters is 1. The number of carbonyl (C=O) groups excluding carboxylic acids is 1. The lowest BCUT2D eigenvalue weighted by molar-refractivity contribution is 0.0489. The molecule has 0 fully saturated rings. The van der Waals surface area contributed by atoms with E-state index < -0.39 is 0 Å². The number of benzene rings is 1. The molecule has 0 atom stereocenters. The average molecular weight is 222 g/mol. The van der Waals surface area contributed by atoms with Crippen molar-refractivity contribution in [3.8, 4) is 0 Å². The van der Waals surface area contributed by atoms with Gasteiger partial charge in [-0.1, -0.05) is 17.7 Å². The monoisotopic (exact) mass is 222 g/mol. The van der Waals surface area contributed by atoms with E-state index >= 15 is 0 Å². The summed E-state index contributed by atoms with van der Waals surface area (Å²) in [6.45, 7) is 3.15. The molecule has 0 saturated heterocycles. The van der Waals surface area contributed by atoms with Gasteiger partial charge in [-0.3, -0.25) is 0 Å². The fraction of sp³-hybridized carbons (Fsp3) is 0.462. The number of unbranched alkanes of at least 4 members (excludes halogenated alkanes) is 1. The average Bonchev–Trinajstić information content (AvgIpc) is 2.29. The summed E-state index contributed by atoms with van der Waals surface area (Å²) in [6, 6.07) is 7.38. The van der Waals surface area contributed by atoms with Crippen LogP contribution in [0.25, 0.3) is 0 Å². The third-order valence-electron chi connectivity index (χ3n) is 2.26. The summed E-state index contributed by atoms with van der Waals surface area (Å²) in [7, 11) is 1.66. The second kappa shape index (κ2) is 7.01. The molecule has 0 aliphatic carbocycles. The molecule has 0 radical (unpaired) electrons. The summed E-state index contributed by atoms with van der Waals surface area (Å²) >= 11 is 0. The summed E-state index contributed by atoms with van der Waals surface area (Å²) in [4.78, 5) is 11.5. The number of hydrogen-bond donors (Lipinski definition) is 0. The normalized spacial score (nSPS) is 10.1. The van der Waals surface area contributed by atoms with E-state index in [-0.39, 0.29) is 5.97 Å². The summed E-state index contributed by atoms with van der Waals surface area (Å²) in [6.07, 6.45) is 1.75. The number of rotatable bonds is 6. The lowest BCUT2D eigenvalue weighted by Crippen LogP contribution is -2.06. The fourth-order valence-corrected chi connectivity index (χ4v) is 1.29. The van der Waals surface area contributed by atoms with Crippen molar-refractivity contribution in [3.63, 3.8) is 0 Å². The molecule has 0 unspecified atom stereocenters. The van der Waals surface area contributed by atoms with Crippen LogP contribution in [0.3, 0.4) is 0 Å². The minimum Gasteiger partial charge on any atom is -0.462 e. The number of hydrogen-bond acceptors (Lipinski definition) is 3. The summed E-state index contributed by atoms with van der Waals surface area (Å²) < 4.78 is 10.0. The highest BCUT2D eigenvalue weighted by Gasteiger charge is 2.05. The molecular formula is C13H18O3. The van der Waals surface area contributed by atoms with Crippen molar-refractivity contribution < 1.29 is 14.3 Å². The zero-order chi connectivity index (χ0) is 11.8. The smallest absolute Gasteiger partial charge is 0.338 e. The zero-order valence-corrected chi connectivity index (χ0v) is 9.86. The molecule has 0 aliphatic rings. The van der Waals surface area contributed by atoms with E-state index in [9.17, 15) is 4.79 Å². The van der Waals surface area contributed by atoms with Crippen molar-refractivity contribution in [1.29, 1.82) is 0 Å². The van der Waals surface area contributed by atoms with E-state index in [1.54, 1.807) is 19.2 Å². The number of methoxy groups -OCH3 is 1. The first kappa shape index (κ1) is 12.7. The van der Waals surface area contributed by atoms with Crippen molar-refractivity contribution in [1.82, 2.24) is 0 Å². The standard InChI is InChI=1S/C13H18O3/c1-11-5-7-12(8-6-11)13(14)16-10-4-3-9-15-2/h5-8H,3-4,9-10H2,1-2H3. The van der Waals surface area contributed by atoms with Crippen LogP contribution in [0.1, 0.15) is 28.8 Å². The summed E-state index contributed by atoms with van der Waals surface area (Å²) in [5.74, 6) is -0.252. The zero-order valence-electron chi connectivity index (χ0n) is 9.86. The van der Waals surface area contributed by atoms with Crippen LogP contribution in [0.15, 0.2) is 24.3 Å². The molecule has 0 bridgehead atoms. The molecule has 0 amide bonds. The molecule has 88 valence electrons. The second-order valence-electron chi connectivity index (χ2n) is 3.70. The SMILES string of the molecule is COCCCCOC(=O)c1ccc(C)cc1. The Morgan fingerprint density at radius 2 is 1.75 bits per heavy atom. The predicted octanol–water partition coefficient (Wildman–Crippen LogP) is 2.58. The van der Waals surface area contributed by atoms with Crippen molar-refractivity contribution in [3.05, 3.63) is 35.4 Å². The topological polar surface area (TPSA) is 35.5 Å². The fourth-order valence-electron chi connectivity index (χ4n) is 1.29. The quantitative estimate of drug-likeness (QED) is 0.548. The Kier molecular flexibility index (Phi) is 5.57. The van der Waals surface area contributed by atoms with Crippen molar-refractivity contribution in [2.75, 3.05) is 20.3 Å². The van der Waals surface area contributed by atoms with Gasteiger partial charge in [-0.25, -0.2) is 4.79 Å². The Morgan fingerprint density at radius 3 is 2.38 bits per heavy atom. The Labute approximate surface area is 96.4 Å². The van der Waals surface area contributed by atoms with Gasteiger partial charge in [0.1, 0.15) is 0 Å². The van der Waals surface area contributed by atoms with Gasteiger partial charge in [0.05, 0.1) is 12.2 Å². The molecule has 1 aromatic rings. The van der Waals surface area contributed by atoms with Crippen molar-refractivity contribution in [2.24, 2.45) is 0 Å². The van der Waals surface area contributed by atoms with Gasteiger partial charge >= 0.3 is 5.97 Å². The van der Waals surface area contributed by atoms with E-state index in [1.807, 2.05) is 19.1 Å². The van der Waals surface area contributed by atoms with Crippen molar-refractivity contribution in [2.45, 2.75) is 19.8 Å². The van der Waals surface area contributed by atoms with Crippen LogP contribution in [0.5, 0.6) is 0 Å². The number of ether oxygens (including phenoxy) is 2. The highest BCUT2D eigenvalue weighted by Crippen LogP contribution is 2.05. The van der Waals surface area contributed by atoms with Crippen molar-refractivity contribution >= 4 is 5.97 Å². The maximum absolute atomic E-state index is 11.5. The van der Waals surface area contributed by atoms with Gasteiger partial charge in [0.15, 0.2) is 0 Å². The van der Waals surface area contributed by atoms with Gasteiger partial charge < -0.3 is 9.47 Å². The van der Waals surface area contributed by atoms with Gasteiger partial charge in [-0.15, -0.1) is 0 Å². The van der Waals surface area contributed by atoms with Crippen LogP contribution in [-0.4, -0.2) is 26.3 Å². The second-order valence-corrected chi connectivity index (χ2v) is 3.70. The molecule has 3 heteroatoms. The molecule has 0 aliphatic heterocycles. The van der Waals surface area contributed by atoms with E-state index in [4.69, 9.17) is 9.47 Å². The molecule has 3 nitrogen and oxygen atoms in total. The molecule has 0 heterocycles. The third kappa shape index (κ3) is 4.45. The minimum absolute atomic E-state index is 0.252.